The van der Waals surface area contributed by atoms with Crippen molar-refractivity contribution >= 4 is 14.8 Å². The van der Waals surface area contributed by atoms with Gasteiger partial charge in [0.2, 0.25) is 0 Å². The second-order valence-electron chi connectivity index (χ2n) is 2.92. The van der Waals surface area contributed by atoms with Gasteiger partial charge in [0, 0.05) is 34.3 Å². The van der Waals surface area contributed by atoms with Crippen molar-refractivity contribution in [2.75, 3.05) is 21.3 Å². The molecule has 0 saturated heterocycles. The fraction of sp³-hybridized carbons (Fsp3) is 0.889. The summed E-state index contributed by atoms with van der Waals surface area (Å²) >= 11 is 0. The predicted octanol–water partition coefficient (Wildman–Crippen LogP) is 0.931. The van der Waals surface area contributed by atoms with E-state index in [-0.39, 0.29) is 5.48 Å². The number of hydrogen-bond acceptors (Lipinski definition) is 4. The molecule has 0 unspecified atom stereocenters. The van der Waals surface area contributed by atoms with Gasteiger partial charge in [-0.15, -0.1) is 0 Å². The highest BCUT2D eigenvalue weighted by atomic mass is 28.4. The van der Waals surface area contributed by atoms with E-state index in [0.29, 0.717) is 0 Å². The lowest BCUT2D eigenvalue weighted by atomic mass is 10.4. The maximum absolute atomic E-state index is 9.00. The van der Waals surface area contributed by atoms with E-state index in [9.17, 15) is 0 Å². The molecule has 0 aliphatic heterocycles. The summed E-state index contributed by atoms with van der Waals surface area (Å²) < 4.78 is 15.7. The van der Waals surface area contributed by atoms with E-state index in [2.05, 4.69) is 6.92 Å². The lowest BCUT2D eigenvalue weighted by Crippen LogP contribution is -2.42. The normalized spacial score (nSPS) is 9.81. The SMILES string of the molecule is CC(=O)O.CCCC[Si](OC)(OC)OC.O. The van der Waals surface area contributed by atoms with Gasteiger partial charge in [0.1, 0.15) is 0 Å². The molecular formula is C9H24O6Si. The van der Waals surface area contributed by atoms with Crippen molar-refractivity contribution in [2.24, 2.45) is 0 Å². The van der Waals surface area contributed by atoms with E-state index in [1.54, 1.807) is 21.3 Å². The number of carboxylic acids is 1. The molecule has 0 radical (unpaired) electrons. The second kappa shape index (κ2) is 12.6. The van der Waals surface area contributed by atoms with E-state index in [0.717, 1.165) is 25.8 Å². The van der Waals surface area contributed by atoms with Gasteiger partial charge in [0.25, 0.3) is 5.97 Å². The Morgan fingerprint density at radius 1 is 1.19 bits per heavy atom. The first kappa shape index (κ1) is 20.9. The molecule has 0 aromatic heterocycles. The van der Waals surface area contributed by atoms with Crippen LogP contribution in [0.4, 0.5) is 0 Å². The smallest absolute Gasteiger partial charge is 0.481 e. The molecule has 0 heterocycles. The van der Waals surface area contributed by atoms with Crippen LogP contribution in [0.2, 0.25) is 6.04 Å². The average Bonchev–Trinajstić information content (AvgIpc) is 2.20. The van der Waals surface area contributed by atoms with E-state index >= 15 is 0 Å². The highest BCUT2D eigenvalue weighted by Crippen LogP contribution is 2.15. The minimum Gasteiger partial charge on any atom is -0.481 e. The van der Waals surface area contributed by atoms with Crippen LogP contribution in [-0.2, 0) is 18.1 Å². The van der Waals surface area contributed by atoms with Gasteiger partial charge in [-0.3, -0.25) is 4.79 Å². The number of unbranched alkanes of at least 4 members (excludes halogenated alkanes) is 1. The van der Waals surface area contributed by atoms with Gasteiger partial charge in [-0.2, -0.15) is 0 Å². The molecular weight excluding hydrogens is 232 g/mol. The number of rotatable bonds is 6. The third-order valence-electron chi connectivity index (χ3n) is 1.77. The molecule has 0 bridgehead atoms. The monoisotopic (exact) mass is 256 g/mol. The molecule has 0 fully saturated rings. The van der Waals surface area contributed by atoms with Crippen LogP contribution in [0.5, 0.6) is 0 Å². The first-order valence-electron chi connectivity index (χ1n) is 4.83. The highest BCUT2D eigenvalue weighted by molar-refractivity contribution is 6.60. The quantitative estimate of drug-likeness (QED) is 0.713. The van der Waals surface area contributed by atoms with E-state index in [1.807, 2.05) is 0 Å². The predicted molar refractivity (Wildman–Crippen MR) is 63.4 cm³/mol. The van der Waals surface area contributed by atoms with E-state index < -0.39 is 14.8 Å². The van der Waals surface area contributed by atoms with Gasteiger partial charge in [-0.05, 0) is 6.42 Å². The molecule has 0 aliphatic carbocycles. The third kappa shape index (κ3) is 11.6. The molecule has 0 spiro atoms. The molecule has 100 valence electrons. The Balaban J connectivity index is -0.000000292. The van der Waals surface area contributed by atoms with Crippen LogP contribution in [0.15, 0.2) is 0 Å². The molecule has 0 aliphatic rings. The van der Waals surface area contributed by atoms with Crippen LogP contribution in [0, 0.1) is 0 Å². The second-order valence-corrected chi connectivity index (χ2v) is 6.01. The van der Waals surface area contributed by atoms with Gasteiger partial charge in [0.15, 0.2) is 0 Å². The summed E-state index contributed by atoms with van der Waals surface area (Å²) in [5, 5.41) is 7.42. The lowest BCUT2D eigenvalue weighted by Gasteiger charge is -2.23. The van der Waals surface area contributed by atoms with Gasteiger partial charge in [0.05, 0.1) is 0 Å². The third-order valence-corrected chi connectivity index (χ3v) is 4.60. The van der Waals surface area contributed by atoms with Gasteiger partial charge < -0.3 is 23.9 Å². The van der Waals surface area contributed by atoms with E-state index in [4.69, 9.17) is 23.2 Å². The van der Waals surface area contributed by atoms with Gasteiger partial charge >= 0.3 is 8.80 Å². The average molecular weight is 256 g/mol. The summed E-state index contributed by atoms with van der Waals surface area (Å²) in [5.74, 6) is -0.833. The Morgan fingerprint density at radius 3 is 1.69 bits per heavy atom. The minimum atomic E-state index is -2.24. The Bertz CT molecular complexity index is 148. The molecule has 0 atom stereocenters. The zero-order valence-corrected chi connectivity index (χ0v) is 11.7. The topological polar surface area (TPSA) is 96.5 Å². The van der Waals surface area contributed by atoms with Crippen molar-refractivity contribution in [3.63, 3.8) is 0 Å². The summed E-state index contributed by atoms with van der Waals surface area (Å²) in [6.45, 7) is 3.22. The molecule has 3 N–H and O–H groups in total. The van der Waals surface area contributed by atoms with Crippen LogP contribution in [-0.4, -0.2) is 46.7 Å². The van der Waals surface area contributed by atoms with Crippen LogP contribution in [0.3, 0.4) is 0 Å². The van der Waals surface area contributed by atoms with Crippen molar-refractivity contribution in [3.05, 3.63) is 0 Å². The van der Waals surface area contributed by atoms with Gasteiger partial charge in [-0.1, -0.05) is 13.3 Å². The Morgan fingerprint density at radius 2 is 1.50 bits per heavy atom. The number of carboxylic acid groups (broad SMARTS) is 1. The molecule has 0 aromatic carbocycles. The molecule has 7 heteroatoms. The maximum Gasteiger partial charge on any atom is 0.500 e. The van der Waals surface area contributed by atoms with Crippen molar-refractivity contribution < 1.29 is 28.7 Å². The summed E-state index contributed by atoms with van der Waals surface area (Å²) in [7, 11) is 2.70. The van der Waals surface area contributed by atoms with E-state index in [1.165, 1.54) is 0 Å². The van der Waals surface area contributed by atoms with Crippen LogP contribution >= 0.6 is 0 Å². The summed E-state index contributed by atoms with van der Waals surface area (Å²) in [4.78, 5) is 9.00. The molecule has 6 nitrogen and oxygen atoms in total. The molecule has 0 aromatic rings. The minimum absolute atomic E-state index is 0. The molecule has 0 amide bonds. The summed E-state index contributed by atoms with van der Waals surface area (Å²) in [6, 6.07) is 0.910. The van der Waals surface area contributed by atoms with Gasteiger partial charge in [-0.25, -0.2) is 0 Å². The zero-order valence-electron chi connectivity index (χ0n) is 10.7. The first-order valence-corrected chi connectivity index (χ1v) is 6.76. The largest absolute Gasteiger partial charge is 0.500 e. The fourth-order valence-electron chi connectivity index (χ4n) is 0.949. The molecule has 0 saturated carbocycles. The van der Waals surface area contributed by atoms with Crippen molar-refractivity contribution in [2.45, 2.75) is 32.7 Å². The number of hydrogen-bond donors (Lipinski definition) is 1. The summed E-state index contributed by atoms with van der Waals surface area (Å²) in [6.07, 6.45) is 2.24. The van der Waals surface area contributed by atoms with Crippen LogP contribution in [0.1, 0.15) is 26.7 Å². The first-order chi connectivity index (χ1) is 6.97. The Hall–Kier alpha value is -0.473. The lowest BCUT2D eigenvalue weighted by molar-refractivity contribution is -0.134. The van der Waals surface area contributed by atoms with Crippen molar-refractivity contribution in [3.8, 4) is 0 Å². The highest BCUT2D eigenvalue weighted by Gasteiger charge is 2.36. The van der Waals surface area contributed by atoms with Crippen molar-refractivity contribution in [1.29, 1.82) is 0 Å². The molecule has 0 rings (SSSR count). The zero-order chi connectivity index (χ0) is 12.3. The fourth-order valence-corrected chi connectivity index (χ4v) is 2.85. The standard InChI is InChI=1S/C7H18O3Si.C2H4O2.H2O/c1-5-6-7-11(8-2,9-3)10-4;1-2(3)4;/h5-7H2,1-4H3;1H3,(H,3,4);1H2. The number of carbonyl (C=O) groups is 1. The maximum atomic E-state index is 9.00. The van der Waals surface area contributed by atoms with Crippen LogP contribution in [0.25, 0.3) is 0 Å². The van der Waals surface area contributed by atoms with Crippen molar-refractivity contribution in [1.82, 2.24) is 0 Å². The number of aliphatic carboxylic acids is 1. The Kier molecular flexibility index (Phi) is 16.4. The Labute approximate surface area is 98.2 Å². The van der Waals surface area contributed by atoms with Crippen LogP contribution < -0.4 is 0 Å². The molecule has 16 heavy (non-hydrogen) atoms. The summed E-state index contributed by atoms with van der Waals surface area (Å²) in [5.41, 5.74) is 0.